The Bertz CT molecular complexity index is 589. The van der Waals surface area contributed by atoms with Gasteiger partial charge >= 0.3 is 0 Å². The van der Waals surface area contributed by atoms with Gasteiger partial charge in [0.05, 0.1) is 18.9 Å². The number of ether oxygens (including phenoxy) is 2. The van der Waals surface area contributed by atoms with E-state index in [0.29, 0.717) is 19.1 Å². The van der Waals surface area contributed by atoms with Gasteiger partial charge in [0.2, 0.25) is 0 Å². The van der Waals surface area contributed by atoms with Crippen molar-refractivity contribution in [2.24, 2.45) is 0 Å². The number of methoxy groups -OCH3 is 1. The number of para-hydroxylation sites is 1. The fraction of sp³-hybridized carbons (Fsp3) is 0.438. The Morgan fingerprint density at radius 3 is 3.10 bits per heavy atom. The zero-order valence-electron chi connectivity index (χ0n) is 12.4. The molecular weight excluding hydrogens is 284 g/mol. The summed E-state index contributed by atoms with van der Waals surface area (Å²) in [5, 5.41) is 4.35. The van der Waals surface area contributed by atoms with Crippen LogP contribution in [0.1, 0.15) is 27.1 Å². The summed E-state index contributed by atoms with van der Waals surface area (Å²) in [4.78, 5) is 6.05. The first-order chi connectivity index (χ1) is 10.3. The fourth-order valence-corrected chi connectivity index (χ4v) is 3.78. The molecule has 2 aromatic rings. The summed E-state index contributed by atoms with van der Waals surface area (Å²) in [5.74, 6) is 1.35. The predicted octanol–water partition coefficient (Wildman–Crippen LogP) is 2.73. The lowest BCUT2D eigenvalue weighted by Gasteiger charge is -2.23. The monoisotopic (exact) mass is 304 g/mol. The Morgan fingerprint density at radius 1 is 1.43 bits per heavy atom. The predicted molar refractivity (Wildman–Crippen MR) is 84.0 cm³/mol. The van der Waals surface area contributed by atoms with Gasteiger partial charge in [-0.15, -0.1) is 11.3 Å². The van der Waals surface area contributed by atoms with Gasteiger partial charge in [-0.2, -0.15) is 0 Å². The minimum absolute atomic E-state index is 0.339. The molecule has 2 heterocycles. The molecule has 0 amide bonds. The van der Waals surface area contributed by atoms with E-state index in [1.807, 2.05) is 19.2 Å². The van der Waals surface area contributed by atoms with Crippen LogP contribution in [0.4, 0.5) is 0 Å². The average Bonchev–Trinajstić information content (AvgIpc) is 2.91. The summed E-state index contributed by atoms with van der Waals surface area (Å²) >= 11 is 1.77. The molecule has 0 spiro atoms. The molecule has 1 unspecified atom stereocenters. The normalized spacial score (nSPS) is 17.3. The van der Waals surface area contributed by atoms with Crippen LogP contribution in [0.5, 0.6) is 5.75 Å². The highest BCUT2D eigenvalue weighted by Gasteiger charge is 2.25. The number of nitrogens with zero attached hydrogens (tertiary/aromatic N) is 1. The maximum atomic E-state index is 5.88. The minimum Gasteiger partial charge on any atom is -0.493 e. The van der Waals surface area contributed by atoms with Crippen molar-refractivity contribution in [3.63, 3.8) is 0 Å². The largest absolute Gasteiger partial charge is 0.493 e. The van der Waals surface area contributed by atoms with Gasteiger partial charge in [0.1, 0.15) is 10.8 Å². The smallest absolute Gasteiger partial charge is 0.122 e. The molecule has 0 aliphatic carbocycles. The second-order valence-electron chi connectivity index (χ2n) is 5.21. The van der Waals surface area contributed by atoms with Gasteiger partial charge in [0.25, 0.3) is 0 Å². The highest BCUT2D eigenvalue weighted by atomic mass is 32.1. The van der Waals surface area contributed by atoms with Gasteiger partial charge in [-0.05, 0) is 25.1 Å². The Morgan fingerprint density at radius 2 is 2.29 bits per heavy atom. The number of fused-ring (bicyclic) bond motifs is 1. The first-order valence-electron chi connectivity index (χ1n) is 7.14. The second-order valence-corrected chi connectivity index (χ2v) is 6.32. The number of hydrogen-bond donors (Lipinski definition) is 1. The number of hydrogen-bond acceptors (Lipinski definition) is 5. The summed E-state index contributed by atoms with van der Waals surface area (Å²) in [6.07, 6.45) is 0.995. The van der Waals surface area contributed by atoms with Gasteiger partial charge in [-0.25, -0.2) is 4.98 Å². The summed E-state index contributed by atoms with van der Waals surface area (Å²) in [6, 6.07) is 8.26. The zero-order valence-corrected chi connectivity index (χ0v) is 13.2. The molecule has 3 rings (SSSR count). The third kappa shape index (κ3) is 3.10. The molecule has 0 fully saturated rings. The van der Waals surface area contributed by atoms with E-state index in [2.05, 4.69) is 17.4 Å². The molecule has 0 saturated heterocycles. The van der Waals surface area contributed by atoms with E-state index >= 15 is 0 Å². The van der Waals surface area contributed by atoms with E-state index in [4.69, 9.17) is 14.5 Å². The number of nitrogens with one attached hydrogen (secondary N) is 1. The Balaban J connectivity index is 1.83. The van der Waals surface area contributed by atoms with Crippen molar-refractivity contribution in [1.29, 1.82) is 0 Å². The van der Waals surface area contributed by atoms with Crippen LogP contribution in [0.25, 0.3) is 0 Å². The topological polar surface area (TPSA) is 43.4 Å². The van der Waals surface area contributed by atoms with Crippen LogP contribution >= 0.6 is 11.3 Å². The van der Waals surface area contributed by atoms with Crippen molar-refractivity contribution in [1.82, 2.24) is 10.3 Å². The molecule has 21 heavy (non-hydrogen) atoms. The third-order valence-corrected chi connectivity index (χ3v) is 4.90. The van der Waals surface area contributed by atoms with Crippen molar-refractivity contribution in [3.05, 3.63) is 45.4 Å². The molecule has 112 valence electrons. The lowest BCUT2D eigenvalue weighted by atomic mass is 9.97. The maximum absolute atomic E-state index is 5.88. The number of benzene rings is 1. The zero-order chi connectivity index (χ0) is 14.7. The van der Waals surface area contributed by atoms with Crippen molar-refractivity contribution < 1.29 is 9.47 Å². The van der Waals surface area contributed by atoms with E-state index < -0.39 is 0 Å². The standard InChI is InChI=1S/C16H20N2O2S/c1-17-8-15-13(10-19-2)18-16(21-15)12-7-11-5-3-4-6-14(11)20-9-12/h3-6,12,17H,7-10H2,1-2H3. The van der Waals surface area contributed by atoms with Crippen molar-refractivity contribution >= 4 is 11.3 Å². The molecule has 4 nitrogen and oxygen atoms in total. The molecular formula is C16H20N2O2S. The molecule has 1 atom stereocenters. The van der Waals surface area contributed by atoms with Crippen LogP contribution in [-0.4, -0.2) is 25.7 Å². The Kier molecular flexibility index (Phi) is 4.53. The van der Waals surface area contributed by atoms with Gasteiger partial charge in [-0.1, -0.05) is 18.2 Å². The maximum Gasteiger partial charge on any atom is 0.122 e. The highest BCUT2D eigenvalue weighted by Crippen LogP contribution is 2.35. The van der Waals surface area contributed by atoms with Crippen LogP contribution in [0.2, 0.25) is 0 Å². The van der Waals surface area contributed by atoms with Crippen LogP contribution in [0.3, 0.4) is 0 Å². The highest BCUT2D eigenvalue weighted by molar-refractivity contribution is 7.11. The first-order valence-corrected chi connectivity index (χ1v) is 7.96. The van der Waals surface area contributed by atoms with E-state index in [-0.39, 0.29) is 0 Å². The minimum atomic E-state index is 0.339. The number of aromatic nitrogens is 1. The SMILES string of the molecule is CNCc1sc(C2COc3ccccc3C2)nc1COC. The Hall–Kier alpha value is -1.43. The summed E-state index contributed by atoms with van der Waals surface area (Å²) in [7, 11) is 3.66. The first kappa shape index (κ1) is 14.5. The lowest BCUT2D eigenvalue weighted by molar-refractivity contribution is 0.181. The van der Waals surface area contributed by atoms with Gasteiger partial charge in [-0.3, -0.25) is 0 Å². The van der Waals surface area contributed by atoms with E-state index in [0.717, 1.165) is 29.4 Å². The fourth-order valence-electron chi connectivity index (χ4n) is 2.61. The molecule has 1 aliphatic heterocycles. The van der Waals surface area contributed by atoms with Crippen LogP contribution < -0.4 is 10.1 Å². The van der Waals surface area contributed by atoms with E-state index in [1.54, 1.807) is 18.4 Å². The van der Waals surface area contributed by atoms with Crippen molar-refractivity contribution in [2.75, 3.05) is 20.8 Å². The average molecular weight is 304 g/mol. The molecule has 1 aromatic heterocycles. The molecule has 1 aliphatic rings. The molecule has 0 saturated carbocycles. The van der Waals surface area contributed by atoms with Gasteiger partial charge < -0.3 is 14.8 Å². The van der Waals surface area contributed by atoms with Gasteiger partial charge in [0, 0.05) is 24.4 Å². The summed E-state index contributed by atoms with van der Waals surface area (Å²) in [5.41, 5.74) is 2.32. The van der Waals surface area contributed by atoms with Crippen LogP contribution in [-0.2, 0) is 24.3 Å². The molecule has 0 bridgehead atoms. The Labute approximate surface area is 129 Å². The van der Waals surface area contributed by atoms with E-state index in [1.165, 1.54) is 10.4 Å². The number of rotatable bonds is 5. The van der Waals surface area contributed by atoms with Crippen LogP contribution in [0.15, 0.2) is 24.3 Å². The molecule has 1 N–H and O–H groups in total. The second kappa shape index (κ2) is 6.56. The molecule has 1 aromatic carbocycles. The van der Waals surface area contributed by atoms with Crippen molar-refractivity contribution in [2.45, 2.75) is 25.5 Å². The van der Waals surface area contributed by atoms with Gasteiger partial charge in [0.15, 0.2) is 0 Å². The number of thiazole rings is 1. The lowest BCUT2D eigenvalue weighted by Crippen LogP contribution is -2.19. The molecule has 0 radical (unpaired) electrons. The van der Waals surface area contributed by atoms with Crippen LogP contribution in [0, 0.1) is 0 Å². The van der Waals surface area contributed by atoms with E-state index in [9.17, 15) is 0 Å². The summed E-state index contributed by atoms with van der Waals surface area (Å²) < 4.78 is 11.1. The van der Waals surface area contributed by atoms with Crippen molar-refractivity contribution in [3.8, 4) is 5.75 Å². The third-order valence-electron chi connectivity index (χ3n) is 3.64. The molecule has 5 heteroatoms. The summed E-state index contributed by atoms with van der Waals surface area (Å²) in [6.45, 7) is 2.11. The quantitative estimate of drug-likeness (QED) is 0.922.